The van der Waals surface area contributed by atoms with Crippen LogP contribution in [0.15, 0.2) is 0 Å². The third-order valence-electron chi connectivity index (χ3n) is 4.62. The fraction of sp³-hybridized carbons (Fsp3) is 0.938. The lowest BCUT2D eigenvalue weighted by Crippen LogP contribution is -2.42. The summed E-state index contributed by atoms with van der Waals surface area (Å²) < 4.78 is 0. The number of nitrogens with one attached hydrogen (secondary N) is 1. The van der Waals surface area contributed by atoms with Gasteiger partial charge in [0, 0.05) is 6.04 Å². The topological polar surface area (TPSA) is 39.1 Å². The molecular weight excluding hydrogens is 234 g/mol. The number of piperidine rings is 1. The fourth-order valence-corrected chi connectivity index (χ4v) is 2.94. The van der Waals surface area contributed by atoms with E-state index in [1.54, 1.807) is 0 Å². The van der Waals surface area contributed by atoms with E-state index in [1.807, 2.05) is 0 Å². The molecule has 0 amide bonds. The zero-order chi connectivity index (χ0) is 13.7. The molecule has 0 aromatic carbocycles. The highest BCUT2D eigenvalue weighted by Crippen LogP contribution is 2.25. The number of hydrogen-bond donors (Lipinski definition) is 1. The molecule has 108 valence electrons. The van der Waals surface area contributed by atoms with Crippen LogP contribution in [0.5, 0.6) is 0 Å². The summed E-state index contributed by atoms with van der Waals surface area (Å²) >= 11 is 0. The molecule has 1 saturated heterocycles. The van der Waals surface area contributed by atoms with Gasteiger partial charge >= 0.3 is 0 Å². The van der Waals surface area contributed by atoms with Crippen molar-refractivity contribution in [2.45, 2.75) is 70.4 Å². The lowest BCUT2D eigenvalue weighted by Gasteiger charge is -2.30. The molecule has 1 aliphatic heterocycles. The van der Waals surface area contributed by atoms with Crippen LogP contribution in [0.4, 0.5) is 0 Å². The molecule has 2 fully saturated rings. The van der Waals surface area contributed by atoms with Gasteiger partial charge < -0.3 is 4.90 Å². The molecule has 3 heteroatoms. The Morgan fingerprint density at radius 2 is 1.89 bits per heavy atom. The van der Waals surface area contributed by atoms with Crippen molar-refractivity contribution in [3.63, 3.8) is 0 Å². The summed E-state index contributed by atoms with van der Waals surface area (Å²) in [6, 6.07) is 3.09. The first-order chi connectivity index (χ1) is 9.11. The van der Waals surface area contributed by atoms with Gasteiger partial charge in [0.05, 0.1) is 6.07 Å². The van der Waals surface area contributed by atoms with E-state index in [-0.39, 0.29) is 5.54 Å². The largest absolute Gasteiger partial charge is 0.303 e. The van der Waals surface area contributed by atoms with Gasteiger partial charge in [-0.25, -0.2) is 0 Å². The Morgan fingerprint density at radius 1 is 1.21 bits per heavy atom. The minimum atomic E-state index is -0.294. The summed E-state index contributed by atoms with van der Waals surface area (Å²) in [5.41, 5.74) is -0.294. The Hall–Kier alpha value is -0.590. The molecule has 0 spiro atoms. The minimum Gasteiger partial charge on any atom is -0.303 e. The Balaban J connectivity index is 1.58. The van der Waals surface area contributed by atoms with Gasteiger partial charge in [-0.2, -0.15) is 5.26 Å². The second-order valence-corrected chi connectivity index (χ2v) is 6.84. The lowest BCUT2D eigenvalue weighted by atomic mass is 9.95. The van der Waals surface area contributed by atoms with Gasteiger partial charge in [-0.1, -0.05) is 6.92 Å². The average Bonchev–Trinajstić information content (AvgIpc) is 3.21. The summed E-state index contributed by atoms with van der Waals surface area (Å²) in [6.45, 7) is 8.19. The summed E-state index contributed by atoms with van der Waals surface area (Å²) in [4.78, 5) is 2.60. The van der Waals surface area contributed by atoms with Crippen LogP contribution in [0.25, 0.3) is 0 Å². The number of nitriles is 1. The second-order valence-electron chi connectivity index (χ2n) is 6.84. The van der Waals surface area contributed by atoms with Crippen LogP contribution in [0.2, 0.25) is 0 Å². The second kappa shape index (κ2) is 6.72. The Bertz CT molecular complexity index is 310. The molecule has 1 unspecified atom stereocenters. The Labute approximate surface area is 118 Å². The van der Waals surface area contributed by atoms with E-state index in [2.05, 4.69) is 30.1 Å². The van der Waals surface area contributed by atoms with Gasteiger partial charge in [0.15, 0.2) is 0 Å². The number of rotatable bonds is 7. The van der Waals surface area contributed by atoms with Crippen LogP contribution in [-0.2, 0) is 0 Å². The summed E-state index contributed by atoms with van der Waals surface area (Å²) in [5, 5.41) is 12.8. The van der Waals surface area contributed by atoms with E-state index in [9.17, 15) is 5.26 Å². The molecule has 3 nitrogen and oxygen atoms in total. The Kier molecular flexibility index (Phi) is 5.24. The van der Waals surface area contributed by atoms with Crippen LogP contribution in [0.1, 0.15) is 58.8 Å². The van der Waals surface area contributed by atoms with Crippen LogP contribution < -0.4 is 5.32 Å². The van der Waals surface area contributed by atoms with Gasteiger partial charge in [-0.3, -0.25) is 5.32 Å². The maximum absolute atomic E-state index is 9.32. The van der Waals surface area contributed by atoms with Gasteiger partial charge in [-0.05, 0) is 77.4 Å². The van der Waals surface area contributed by atoms with Gasteiger partial charge in [0.25, 0.3) is 0 Å². The normalized spacial score (nSPS) is 24.9. The van der Waals surface area contributed by atoms with Gasteiger partial charge in [0.1, 0.15) is 5.54 Å². The SMILES string of the molecule is CC1CCN(CCCCC(C)(C#N)NC2CC2)CC1. The maximum Gasteiger partial charge on any atom is 0.104 e. The van der Waals surface area contributed by atoms with Gasteiger partial charge in [-0.15, -0.1) is 0 Å². The molecule has 1 N–H and O–H groups in total. The minimum absolute atomic E-state index is 0.294. The first-order valence-corrected chi connectivity index (χ1v) is 8.02. The van der Waals surface area contributed by atoms with Crippen molar-refractivity contribution < 1.29 is 0 Å². The van der Waals surface area contributed by atoms with E-state index < -0.39 is 0 Å². The van der Waals surface area contributed by atoms with Crippen LogP contribution >= 0.6 is 0 Å². The van der Waals surface area contributed by atoms with E-state index in [0.29, 0.717) is 6.04 Å². The van der Waals surface area contributed by atoms with Crippen molar-refractivity contribution in [3.8, 4) is 6.07 Å². The third-order valence-corrected chi connectivity index (χ3v) is 4.62. The van der Waals surface area contributed by atoms with Crippen LogP contribution in [0.3, 0.4) is 0 Å². The van der Waals surface area contributed by atoms with Crippen molar-refractivity contribution in [3.05, 3.63) is 0 Å². The number of nitrogens with zero attached hydrogens (tertiary/aromatic N) is 2. The molecule has 2 aliphatic rings. The van der Waals surface area contributed by atoms with Crippen molar-refractivity contribution in [1.29, 1.82) is 5.26 Å². The number of likely N-dealkylation sites (tertiary alicyclic amines) is 1. The predicted molar refractivity (Wildman–Crippen MR) is 78.9 cm³/mol. The lowest BCUT2D eigenvalue weighted by molar-refractivity contribution is 0.188. The highest BCUT2D eigenvalue weighted by molar-refractivity contribution is 5.06. The highest BCUT2D eigenvalue weighted by Gasteiger charge is 2.31. The van der Waals surface area contributed by atoms with E-state index in [4.69, 9.17) is 0 Å². The van der Waals surface area contributed by atoms with Crippen LogP contribution in [0, 0.1) is 17.2 Å². The number of hydrogen-bond acceptors (Lipinski definition) is 3. The summed E-state index contributed by atoms with van der Waals surface area (Å²) in [7, 11) is 0. The molecule has 0 aromatic rings. The Morgan fingerprint density at radius 3 is 2.47 bits per heavy atom. The number of unbranched alkanes of at least 4 members (excludes halogenated alkanes) is 1. The maximum atomic E-state index is 9.32. The molecule has 2 rings (SSSR count). The monoisotopic (exact) mass is 263 g/mol. The highest BCUT2D eigenvalue weighted by atomic mass is 15.1. The van der Waals surface area contributed by atoms with Gasteiger partial charge in [0.2, 0.25) is 0 Å². The predicted octanol–water partition coefficient (Wildman–Crippen LogP) is 2.92. The molecule has 0 bridgehead atoms. The summed E-state index contributed by atoms with van der Waals surface area (Å²) in [5.74, 6) is 0.917. The molecule has 19 heavy (non-hydrogen) atoms. The first-order valence-electron chi connectivity index (χ1n) is 8.02. The fourth-order valence-electron chi connectivity index (χ4n) is 2.94. The smallest absolute Gasteiger partial charge is 0.104 e. The quantitative estimate of drug-likeness (QED) is 0.718. The zero-order valence-electron chi connectivity index (χ0n) is 12.6. The molecule has 1 aliphatic carbocycles. The molecular formula is C16H29N3. The molecule has 0 aromatic heterocycles. The molecule has 0 radical (unpaired) electrons. The van der Waals surface area contributed by atoms with Crippen LogP contribution in [-0.4, -0.2) is 36.1 Å². The van der Waals surface area contributed by atoms with Crippen molar-refractivity contribution >= 4 is 0 Å². The summed E-state index contributed by atoms with van der Waals surface area (Å²) in [6.07, 6.45) is 8.61. The van der Waals surface area contributed by atoms with E-state index in [0.717, 1.165) is 18.8 Å². The van der Waals surface area contributed by atoms with E-state index >= 15 is 0 Å². The molecule has 1 atom stereocenters. The molecule has 1 heterocycles. The van der Waals surface area contributed by atoms with Crippen molar-refractivity contribution in [2.24, 2.45) is 5.92 Å². The molecule has 1 saturated carbocycles. The zero-order valence-corrected chi connectivity index (χ0v) is 12.6. The third kappa shape index (κ3) is 5.12. The van der Waals surface area contributed by atoms with E-state index in [1.165, 1.54) is 51.7 Å². The van der Waals surface area contributed by atoms with Crippen molar-refractivity contribution in [2.75, 3.05) is 19.6 Å². The standard InChI is InChI=1S/C16H29N3/c1-14-7-11-19(12-8-14)10-4-3-9-16(2,13-17)18-15-5-6-15/h14-15,18H,3-12H2,1-2H3. The first kappa shape index (κ1) is 14.8. The van der Waals surface area contributed by atoms with Crippen molar-refractivity contribution in [1.82, 2.24) is 10.2 Å². The average molecular weight is 263 g/mol.